The third-order valence-corrected chi connectivity index (χ3v) is 6.52. The van der Waals surface area contributed by atoms with Crippen LogP contribution in [0, 0.1) is 0 Å². The van der Waals surface area contributed by atoms with Gasteiger partial charge in [0.2, 0.25) is 0 Å². The summed E-state index contributed by atoms with van der Waals surface area (Å²) in [7, 11) is 0. The monoisotopic (exact) mass is 481 g/mol. The van der Waals surface area contributed by atoms with Gasteiger partial charge in [-0.25, -0.2) is 0 Å². The third kappa shape index (κ3) is 7.21. The van der Waals surface area contributed by atoms with Gasteiger partial charge in [-0.2, -0.15) is 0 Å². The molecule has 7 heteroatoms. The van der Waals surface area contributed by atoms with Gasteiger partial charge in [0.1, 0.15) is 12.4 Å². The number of hydrogen-bond acceptors (Lipinski definition) is 5. The lowest BCUT2D eigenvalue weighted by atomic mass is 9.90. The lowest BCUT2D eigenvalue weighted by Gasteiger charge is -2.26. The Bertz CT molecular complexity index is 936. The van der Waals surface area contributed by atoms with Gasteiger partial charge in [-0.05, 0) is 59.9 Å². The molecule has 0 saturated carbocycles. The molecule has 1 heterocycles. The van der Waals surface area contributed by atoms with Crippen LogP contribution in [0.5, 0.6) is 5.75 Å². The number of halogens is 2. The summed E-state index contributed by atoms with van der Waals surface area (Å²) in [4.78, 5) is 1.06. The van der Waals surface area contributed by atoms with Gasteiger partial charge in [-0.15, -0.1) is 23.7 Å². The molecule has 0 fully saturated rings. The molecule has 0 spiro atoms. The maximum atomic E-state index is 9.48. The number of aliphatic hydroxyl groups excluding tert-OH is 2. The summed E-state index contributed by atoms with van der Waals surface area (Å²) in [6.07, 6.45) is 2.58. The summed E-state index contributed by atoms with van der Waals surface area (Å²) in [6, 6.07) is 18.2. The number of hydrogen-bond donors (Lipinski definition) is 3. The lowest BCUT2D eigenvalue weighted by Crippen LogP contribution is -2.44. The third-order valence-electron chi connectivity index (χ3n) is 5.23. The van der Waals surface area contributed by atoms with Gasteiger partial charge >= 0.3 is 0 Å². The van der Waals surface area contributed by atoms with E-state index in [9.17, 15) is 5.11 Å². The van der Waals surface area contributed by atoms with Crippen LogP contribution >= 0.6 is 35.3 Å². The van der Waals surface area contributed by atoms with Gasteiger partial charge in [-0.1, -0.05) is 54.1 Å². The number of rotatable bonds is 11. The summed E-state index contributed by atoms with van der Waals surface area (Å²) in [5.74, 6) is 0.854. The molecule has 1 unspecified atom stereocenters. The predicted molar refractivity (Wildman–Crippen MR) is 131 cm³/mol. The molecule has 0 aliphatic rings. The topological polar surface area (TPSA) is 75.7 Å². The van der Waals surface area contributed by atoms with Crippen molar-refractivity contribution in [1.29, 1.82) is 0 Å². The first-order valence-electron chi connectivity index (χ1n) is 10.1. The molecule has 0 radical (unpaired) electrons. The Balaban J connectivity index is 0.00000341. The first-order valence-corrected chi connectivity index (χ1v) is 11.3. The second-order valence-corrected chi connectivity index (χ2v) is 8.87. The van der Waals surface area contributed by atoms with Crippen molar-refractivity contribution in [2.75, 3.05) is 13.2 Å². The van der Waals surface area contributed by atoms with Crippen molar-refractivity contribution >= 4 is 35.3 Å². The largest absolute Gasteiger partial charge is 0.487 e. The number of thiophene rings is 1. The molecule has 0 aliphatic carbocycles. The van der Waals surface area contributed by atoms with Gasteiger partial charge in [0.05, 0.1) is 11.5 Å². The van der Waals surface area contributed by atoms with Crippen LogP contribution < -0.4 is 10.5 Å². The predicted octanol–water partition coefficient (Wildman–Crippen LogP) is 5.46. The average Bonchev–Trinajstić information content (AvgIpc) is 3.23. The average molecular weight is 482 g/mol. The zero-order valence-corrected chi connectivity index (χ0v) is 19.7. The summed E-state index contributed by atoms with van der Waals surface area (Å²) in [5, 5.41) is 21.3. The van der Waals surface area contributed by atoms with Crippen LogP contribution in [0.25, 0.3) is 10.4 Å². The number of nitrogens with two attached hydrogens (primary N) is 1. The van der Waals surface area contributed by atoms with Gasteiger partial charge in [0, 0.05) is 17.2 Å². The van der Waals surface area contributed by atoms with Crippen molar-refractivity contribution in [3.8, 4) is 16.2 Å². The lowest BCUT2D eigenvalue weighted by molar-refractivity contribution is 0.147. The molecule has 0 aliphatic heterocycles. The molecular weight excluding hydrogens is 453 g/mol. The molecule has 3 rings (SSSR count). The standard InChI is InChI=1S/C24H28ClNO3S.ClH/c25-21-15-20(9-8-19(21)7-4-11-24(26,17-28)12-13-27)23-22(10-14-30-23)29-16-18-5-2-1-3-6-18;/h1-3,5-6,8-10,14-15,27-28H,4,7,11-13,16-17,26H2;1H. The highest BCUT2D eigenvalue weighted by atomic mass is 35.5. The van der Waals surface area contributed by atoms with Gasteiger partial charge in [0.15, 0.2) is 0 Å². The second-order valence-electron chi connectivity index (χ2n) is 7.54. The summed E-state index contributed by atoms with van der Waals surface area (Å²) >= 11 is 8.19. The zero-order valence-electron chi connectivity index (χ0n) is 17.3. The van der Waals surface area contributed by atoms with Crippen LogP contribution in [0.1, 0.15) is 30.4 Å². The molecule has 0 amide bonds. The van der Waals surface area contributed by atoms with E-state index >= 15 is 0 Å². The van der Waals surface area contributed by atoms with E-state index in [2.05, 4.69) is 6.07 Å². The fourth-order valence-electron chi connectivity index (χ4n) is 3.38. The maximum absolute atomic E-state index is 9.48. The molecule has 168 valence electrons. The highest BCUT2D eigenvalue weighted by molar-refractivity contribution is 7.14. The van der Waals surface area contributed by atoms with Gasteiger partial charge in [0.25, 0.3) is 0 Å². The molecule has 4 N–H and O–H groups in total. The van der Waals surface area contributed by atoms with Crippen molar-refractivity contribution in [3.05, 3.63) is 76.1 Å². The Labute approximate surface area is 199 Å². The Morgan fingerprint density at radius 3 is 2.48 bits per heavy atom. The number of ether oxygens (including phenoxy) is 1. The van der Waals surface area contributed by atoms with Crippen LogP contribution in [0.3, 0.4) is 0 Å². The van der Waals surface area contributed by atoms with E-state index in [0.29, 0.717) is 24.5 Å². The van der Waals surface area contributed by atoms with Crippen molar-refractivity contribution in [1.82, 2.24) is 0 Å². The van der Waals surface area contributed by atoms with E-state index in [0.717, 1.165) is 40.2 Å². The fourth-order valence-corrected chi connectivity index (χ4v) is 4.49. The van der Waals surface area contributed by atoms with Crippen LogP contribution in [-0.2, 0) is 13.0 Å². The van der Waals surface area contributed by atoms with Gasteiger partial charge < -0.3 is 20.7 Å². The Morgan fingerprint density at radius 1 is 1.03 bits per heavy atom. The van der Waals surface area contributed by atoms with Crippen molar-refractivity contribution < 1.29 is 14.9 Å². The summed E-state index contributed by atoms with van der Waals surface area (Å²) in [5.41, 5.74) is 8.61. The minimum atomic E-state index is -0.733. The first kappa shape index (κ1) is 25.7. The van der Waals surface area contributed by atoms with E-state index in [1.165, 1.54) is 0 Å². The molecule has 31 heavy (non-hydrogen) atoms. The van der Waals surface area contributed by atoms with Crippen LogP contribution in [0.2, 0.25) is 5.02 Å². The molecular formula is C24H29Cl2NO3S. The molecule has 3 aromatic rings. The summed E-state index contributed by atoms with van der Waals surface area (Å²) < 4.78 is 6.03. The Hall–Kier alpha value is -1.60. The minimum absolute atomic E-state index is 0. The van der Waals surface area contributed by atoms with Crippen LogP contribution in [-0.4, -0.2) is 29.0 Å². The van der Waals surface area contributed by atoms with Gasteiger partial charge in [-0.3, -0.25) is 0 Å². The second kappa shape index (κ2) is 12.4. The number of benzene rings is 2. The molecule has 1 aromatic heterocycles. The number of aryl methyl sites for hydroxylation is 1. The quantitative estimate of drug-likeness (QED) is 0.339. The van der Waals surface area contributed by atoms with Crippen molar-refractivity contribution in [2.45, 2.75) is 37.8 Å². The van der Waals surface area contributed by atoms with E-state index in [1.54, 1.807) is 11.3 Å². The molecule has 4 nitrogen and oxygen atoms in total. The SMILES string of the molecule is Cl.NC(CO)(CCO)CCCc1ccc(-c2sccc2OCc2ccccc2)cc1Cl. The molecule has 0 saturated heterocycles. The fraction of sp³-hybridized carbons (Fsp3) is 0.333. The van der Waals surface area contributed by atoms with E-state index in [1.807, 2.05) is 53.9 Å². The Morgan fingerprint density at radius 2 is 1.81 bits per heavy atom. The smallest absolute Gasteiger partial charge is 0.138 e. The minimum Gasteiger partial charge on any atom is -0.487 e. The molecule has 1 atom stereocenters. The van der Waals surface area contributed by atoms with E-state index in [-0.39, 0.29) is 25.6 Å². The maximum Gasteiger partial charge on any atom is 0.138 e. The van der Waals surface area contributed by atoms with Crippen molar-refractivity contribution in [2.24, 2.45) is 5.73 Å². The first-order chi connectivity index (χ1) is 14.5. The number of aliphatic hydroxyl groups is 2. The van der Waals surface area contributed by atoms with Crippen LogP contribution in [0.15, 0.2) is 60.0 Å². The van der Waals surface area contributed by atoms with Crippen LogP contribution in [0.4, 0.5) is 0 Å². The molecule has 2 aromatic carbocycles. The molecule has 0 bridgehead atoms. The highest BCUT2D eigenvalue weighted by Crippen LogP contribution is 2.38. The Kier molecular flexibility index (Phi) is 10.3. The normalized spacial score (nSPS) is 12.8. The highest BCUT2D eigenvalue weighted by Gasteiger charge is 2.23. The summed E-state index contributed by atoms with van der Waals surface area (Å²) in [6.45, 7) is 0.363. The van der Waals surface area contributed by atoms with E-state index in [4.69, 9.17) is 27.2 Å². The zero-order chi connectivity index (χ0) is 21.4. The van der Waals surface area contributed by atoms with E-state index < -0.39 is 5.54 Å². The van der Waals surface area contributed by atoms with Crippen molar-refractivity contribution in [3.63, 3.8) is 0 Å².